The highest BCUT2D eigenvalue weighted by atomic mass is 16.5. The van der Waals surface area contributed by atoms with E-state index in [1.54, 1.807) is 0 Å². The zero-order valence-corrected chi connectivity index (χ0v) is 13.2. The van der Waals surface area contributed by atoms with Crippen LogP contribution in [0, 0.1) is 5.92 Å². The Morgan fingerprint density at radius 2 is 2.09 bits per heavy atom. The quantitative estimate of drug-likeness (QED) is 0.905. The SMILES string of the molecule is C1CCOC1.CCOc1cccc(CN2CC(C(=O)O)C2)c1. The third kappa shape index (κ3) is 5.31. The van der Waals surface area contributed by atoms with E-state index < -0.39 is 5.97 Å². The predicted octanol–water partition coefficient (Wildman–Crippen LogP) is 2.40. The maximum absolute atomic E-state index is 10.7. The molecule has 1 aromatic carbocycles. The van der Waals surface area contributed by atoms with Crippen LogP contribution in [0.15, 0.2) is 24.3 Å². The van der Waals surface area contributed by atoms with Crippen LogP contribution in [-0.4, -0.2) is 48.9 Å². The lowest BCUT2D eigenvalue weighted by Crippen LogP contribution is -2.49. The molecule has 2 saturated heterocycles. The van der Waals surface area contributed by atoms with E-state index in [1.807, 2.05) is 31.2 Å². The van der Waals surface area contributed by atoms with Crippen LogP contribution in [0.25, 0.3) is 0 Å². The molecule has 0 bridgehead atoms. The van der Waals surface area contributed by atoms with Crippen molar-refractivity contribution in [2.45, 2.75) is 26.3 Å². The van der Waals surface area contributed by atoms with Gasteiger partial charge >= 0.3 is 5.97 Å². The van der Waals surface area contributed by atoms with Crippen LogP contribution in [0.4, 0.5) is 0 Å². The van der Waals surface area contributed by atoms with Crippen LogP contribution in [0.5, 0.6) is 5.75 Å². The van der Waals surface area contributed by atoms with Gasteiger partial charge in [-0.2, -0.15) is 0 Å². The van der Waals surface area contributed by atoms with Crippen molar-refractivity contribution in [2.75, 3.05) is 32.9 Å². The predicted molar refractivity (Wildman–Crippen MR) is 84.1 cm³/mol. The van der Waals surface area contributed by atoms with Crippen molar-refractivity contribution in [1.82, 2.24) is 4.90 Å². The molecule has 3 rings (SSSR count). The van der Waals surface area contributed by atoms with Gasteiger partial charge in [0.15, 0.2) is 0 Å². The third-order valence-corrected chi connectivity index (χ3v) is 3.75. The smallest absolute Gasteiger partial charge is 0.309 e. The van der Waals surface area contributed by atoms with E-state index in [0.717, 1.165) is 25.5 Å². The van der Waals surface area contributed by atoms with Crippen LogP contribution in [0.2, 0.25) is 0 Å². The van der Waals surface area contributed by atoms with Crippen molar-refractivity contribution in [3.8, 4) is 5.75 Å². The zero-order valence-electron chi connectivity index (χ0n) is 13.2. The van der Waals surface area contributed by atoms with E-state index in [-0.39, 0.29) is 5.92 Å². The Kier molecular flexibility index (Phi) is 6.68. The summed E-state index contributed by atoms with van der Waals surface area (Å²) in [6, 6.07) is 7.95. The summed E-state index contributed by atoms with van der Waals surface area (Å²) in [4.78, 5) is 12.8. The first-order chi connectivity index (χ1) is 10.7. The fraction of sp³-hybridized carbons (Fsp3) is 0.588. The summed E-state index contributed by atoms with van der Waals surface area (Å²) >= 11 is 0. The fourth-order valence-corrected chi connectivity index (χ4v) is 2.52. The number of likely N-dealkylation sites (tertiary alicyclic amines) is 1. The van der Waals surface area contributed by atoms with Crippen molar-refractivity contribution < 1.29 is 19.4 Å². The summed E-state index contributed by atoms with van der Waals surface area (Å²) in [6.45, 7) is 6.71. The molecule has 122 valence electrons. The van der Waals surface area contributed by atoms with Gasteiger partial charge in [0.1, 0.15) is 5.75 Å². The zero-order chi connectivity index (χ0) is 15.8. The van der Waals surface area contributed by atoms with Crippen LogP contribution >= 0.6 is 0 Å². The van der Waals surface area contributed by atoms with Crippen LogP contribution in [0.3, 0.4) is 0 Å². The van der Waals surface area contributed by atoms with E-state index >= 15 is 0 Å². The maximum atomic E-state index is 10.7. The topological polar surface area (TPSA) is 59.0 Å². The van der Waals surface area contributed by atoms with Crippen LogP contribution < -0.4 is 4.74 Å². The van der Waals surface area contributed by atoms with Crippen molar-refractivity contribution in [2.24, 2.45) is 5.92 Å². The summed E-state index contributed by atoms with van der Waals surface area (Å²) in [7, 11) is 0. The maximum Gasteiger partial charge on any atom is 0.309 e. The lowest BCUT2D eigenvalue weighted by Gasteiger charge is -2.36. The Labute approximate surface area is 131 Å². The van der Waals surface area contributed by atoms with E-state index in [1.165, 1.54) is 18.4 Å². The molecule has 0 amide bonds. The van der Waals surface area contributed by atoms with E-state index in [0.29, 0.717) is 19.7 Å². The molecule has 0 saturated carbocycles. The number of ether oxygens (including phenoxy) is 2. The van der Waals surface area contributed by atoms with Crippen molar-refractivity contribution >= 4 is 5.97 Å². The molecule has 1 aromatic rings. The molecule has 0 spiro atoms. The Balaban J connectivity index is 0.000000299. The molecule has 2 aliphatic rings. The number of carbonyl (C=O) groups is 1. The van der Waals surface area contributed by atoms with Crippen molar-refractivity contribution in [3.05, 3.63) is 29.8 Å². The molecular formula is C17H25NO4. The fourth-order valence-electron chi connectivity index (χ4n) is 2.52. The molecule has 2 aliphatic heterocycles. The monoisotopic (exact) mass is 307 g/mol. The second kappa shape index (κ2) is 8.76. The van der Waals surface area contributed by atoms with Crippen LogP contribution in [0.1, 0.15) is 25.3 Å². The largest absolute Gasteiger partial charge is 0.494 e. The van der Waals surface area contributed by atoms with E-state index in [4.69, 9.17) is 14.6 Å². The first kappa shape index (κ1) is 16.8. The minimum atomic E-state index is -0.690. The number of hydrogen-bond donors (Lipinski definition) is 1. The Morgan fingerprint density at radius 1 is 1.36 bits per heavy atom. The second-order valence-electron chi connectivity index (χ2n) is 5.63. The average Bonchev–Trinajstić information content (AvgIpc) is 3.02. The molecule has 0 aromatic heterocycles. The second-order valence-corrected chi connectivity index (χ2v) is 5.63. The summed E-state index contributed by atoms with van der Waals surface area (Å²) in [5.74, 6) is -0.00491. The van der Waals surface area contributed by atoms with Gasteiger partial charge in [-0.05, 0) is 37.5 Å². The standard InChI is InChI=1S/C13H17NO3.C4H8O/c1-2-17-12-5-3-4-10(6-12)7-14-8-11(9-14)13(15)16;1-2-4-5-3-1/h3-6,11H,2,7-9H2,1H3,(H,15,16);1-4H2. The average molecular weight is 307 g/mol. The van der Waals surface area contributed by atoms with Gasteiger partial charge in [-0.25, -0.2) is 0 Å². The highest BCUT2D eigenvalue weighted by Crippen LogP contribution is 2.21. The number of carboxylic acids is 1. The van der Waals surface area contributed by atoms with Crippen LogP contribution in [-0.2, 0) is 16.1 Å². The van der Waals surface area contributed by atoms with E-state index in [9.17, 15) is 4.79 Å². The number of nitrogens with zero attached hydrogens (tertiary/aromatic N) is 1. The highest BCUT2D eigenvalue weighted by molar-refractivity contribution is 5.71. The molecule has 0 aliphatic carbocycles. The first-order valence-electron chi connectivity index (χ1n) is 7.93. The number of hydrogen-bond acceptors (Lipinski definition) is 4. The lowest BCUT2D eigenvalue weighted by molar-refractivity contribution is -0.147. The number of carboxylic acid groups (broad SMARTS) is 1. The van der Waals surface area contributed by atoms with Gasteiger partial charge in [-0.3, -0.25) is 9.69 Å². The lowest BCUT2D eigenvalue weighted by atomic mass is 9.99. The van der Waals surface area contributed by atoms with Gasteiger partial charge in [0.2, 0.25) is 0 Å². The number of aliphatic carboxylic acids is 1. The molecule has 5 nitrogen and oxygen atoms in total. The summed E-state index contributed by atoms with van der Waals surface area (Å²) < 4.78 is 10.4. The van der Waals surface area contributed by atoms with E-state index in [2.05, 4.69) is 4.90 Å². The van der Waals surface area contributed by atoms with Gasteiger partial charge < -0.3 is 14.6 Å². The molecule has 22 heavy (non-hydrogen) atoms. The molecule has 2 fully saturated rings. The molecular weight excluding hydrogens is 282 g/mol. The first-order valence-corrected chi connectivity index (χ1v) is 7.93. The molecule has 1 N–H and O–H groups in total. The van der Waals surface area contributed by atoms with Crippen molar-refractivity contribution in [1.29, 1.82) is 0 Å². The summed E-state index contributed by atoms with van der Waals surface area (Å²) in [5.41, 5.74) is 1.17. The molecule has 0 atom stereocenters. The van der Waals surface area contributed by atoms with Gasteiger partial charge in [-0.15, -0.1) is 0 Å². The minimum Gasteiger partial charge on any atom is -0.494 e. The normalized spacial score (nSPS) is 18.2. The molecule has 0 radical (unpaired) electrons. The molecule has 5 heteroatoms. The Bertz CT molecular complexity index is 460. The number of benzene rings is 1. The van der Waals surface area contributed by atoms with Gasteiger partial charge in [-0.1, -0.05) is 12.1 Å². The minimum absolute atomic E-state index is 0.190. The highest BCUT2D eigenvalue weighted by Gasteiger charge is 2.32. The molecule has 0 unspecified atom stereocenters. The summed E-state index contributed by atoms with van der Waals surface area (Å²) in [5, 5.41) is 8.78. The molecule has 2 heterocycles. The van der Waals surface area contributed by atoms with Gasteiger partial charge in [0.25, 0.3) is 0 Å². The third-order valence-electron chi connectivity index (χ3n) is 3.75. The Morgan fingerprint density at radius 3 is 2.64 bits per heavy atom. The van der Waals surface area contributed by atoms with Gasteiger partial charge in [0.05, 0.1) is 12.5 Å². The summed E-state index contributed by atoms with van der Waals surface area (Å²) in [6.07, 6.45) is 2.56. The van der Waals surface area contributed by atoms with Crippen molar-refractivity contribution in [3.63, 3.8) is 0 Å². The number of rotatable bonds is 5. The van der Waals surface area contributed by atoms with Gasteiger partial charge in [0, 0.05) is 32.8 Å². The Hall–Kier alpha value is -1.59.